The van der Waals surface area contributed by atoms with Crippen molar-refractivity contribution < 1.29 is 19.7 Å². The predicted molar refractivity (Wildman–Crippen MR) is 116 cm³/mol. The molecule has 8 bridgehead atoms. The lowest BCUT2D eigenvalue weighted by molar-refractivity contribution is 0.0587. The number of rotatable bonds is 3. The van der Waals surface area contributed by atoms with Gasteiger partial charge in [0, 0.05) is 11.0 Å². The second-order valence-corrected chi connectivity index (χ2v) is 7.46. The van der Waals surface area contributed by atoms with Gasteiger partial charge in [-0.2, -0.15) is 0 Å². The molecule has 0 fully saturated rings. The van der Waals surface area contributed by atoms with Gasteiger partial charge in [-0.1, -0.05) is 0 Å². The lowest BCUT2D eigenvalue weighted by Crippen LogP contribution is -2.24. The zero-order valence-electron chi connectivity index (χ0n) is 16.1. The van der Waals surface area contributed by atoms with Gasteiger partial charge in [-0.05, 0) is 54.6 Å². The van der Waals surface area contributed by atoms with Crippen LogP contribution >= 0.6 is 0 Å². The van der Waals surface area contributed by atoms with Gasteiger partial charge >= 0.3 is 0 Å². The highest BCUT2D eigenvalue weighted by molar-refractivity contribution is 6.12. The van der Waals surface area contributed by atoms with Gasteiger partial charge < -0.3 is 24.9 Å². The number of hydrogen-bond donors (Lipinski definition) is 4. The van der Waals surface area contributed by atoms with Gasteiger partial charge in [-0.15, -0.1) is 0 Å². The van der Waals surface area contributed by atoms with Crippen LogP contribution in [0.2, 0.25) is 0 Å². The molecular weight excluding hydrogens is 396 g/mol. The lowest BCUT2D eigenvalue weighted by Gasteiger charge is -2.17. The normalized spacial score (nSPS) is 14.3. The number of ketones is 1. The quantitative estimate of drug-likeness (QED) is 0.331. The Morgan fingerprint density at radius 3 is 2.35 bits per heavy atom. The van der Waals surface area contributed by atoms with Gasteiger partial charge in [0.2, 0.25) is 0 Å². The number of H-pyrrole nitrogens is 2. The van der Waals surface area contributed by atoms with Gasteiger partial charge in [0.05, 0.1) is 34.8 Å². The van der Waals surface area contributed by atoms with Crippen molar-refractivity contribution in [2.75, 3.05) is 6.61 Å². The first-order valence-electron chi connectivity index (χ1n) is 9.74. The van der Waals surface area contributed by atoms with Crippen LogP contribution < -0.4 is 4.74 Å². The molecular formula is C23H16N4O4. The summed E-state index contributed by atoms with van der Waals surface area (Å²) in [4.78, 5) is 28.5. The van der Waals surface area contributed by atoms with Gasteiger partial charge in [-0.25, -0.2) is 9.97 Å². The minimum Gasteiger partial charge on any atom is -0.450 e. The molecule has 0 radical (unpaired) electrons. The van der Waals surface area contributed by atoms with E-state index in [1.54, 1.807) is 6.07 Å². The van der Waals surface area contributed by atoms with E-state index in [-0.39, 0.29) is 5.56 Å². The smallest absolute Gasteiger partial charge is 0.199 e. The first kappa shape index (κ1) is 17.8. The predicted octanol–water partition coefficient (Wildman–Crippen LogP) is 3.30. The Bertz CT molecular complexity index is 1490. The minimum absolute atomic E-state index is 0.185. The number of aliphatic hydroxyl groups is 2. The Balaban J connectivity index is 1.70. The van der Waals surface area contributed by atoms with Crippen LogP contribution in [0.1, 0.15) is 33.1 Å². The molecule has 3 aliphatic heterocycles. The maximum atomic E-state index is 12.7. The fourth-order valence-electron chi connectivity index (χ4n) is 3.86. The molecule has 8 nitrogen and oxygen atoms in total. The standard InChI is InChI=1S/C23H16N4O4/c28-10-18(29)21(30)19-17-9-15-4-3-12(25-15)7-11-1-2-13(24-11)8-14-5-6-16(26-14)22-20(27-17)23(19)31-22/h1-9,18,24,27-29H,10H2. The number of carbonyl (C=O) groups is 1. The highest BCUT2D eigenvalue weighted by atomic mass is 16.5. The molecule has 31 heavy (non-hydrogen) atoms. The Hall–Kier alpha value is -4.01. The molecule has 6 heterocycles. The van der Waals surface area contributed by atoms with Crippen LogP contribution in [0, 0.1) is 0 Å². The Labute approximate surface area is 175 Å². The monoisotopic (exact) mass is 412 g/mol. The Kier molecular flexibility index (Phi) is 3.73. The third-order valence-corrected chi connectivity index (χ3v) is 5.34. The molecule has 152 valence electrons. The number of nitrogens with one attached hydrogen (secondary N) is 2. The summed E-state index contributed by atoms with van der Waals surface area (Å²) in [7, 11) is 0. The van der Waals surface area contributed by atoms with E-state index >= 15 is 0 Å². The van der Waals surface area contributed by atoms with Crippen LogP contribution in [-0.2, 0) is 0 Å². The molecule has 1 unspecified atom stereocenters. The first-order chi connectivity index (χ1) is 15.1. The fraction of sp³-hybridized carbons (Fsp3) is 0.0870. The molecule has 6 rings (SSSR count). The van der Waals surface area contributed by atoms with Crippen LogP contribution in [0.15, 0.2) is 30.3 Å². The van der Waals surface area contributed by atoms with Gasteiger partial charge in [-0.3, -0.25) is 4.79 Å². The van der Waals surface area contributed by atoms with E-state index in [9.17, 15) is 15.0 Å². The van der Waals surface area contributed by atoms with Gasteiger partial charge in [0.15, 0.2) is 17.3 Å². The summed E-state index contributed by atoms with van der Waals surface area (Å²) in [5.74, 6) is 0.235. The summed E-state index contributed by atoms with van der Waals surface area (Å²) in [6.07, 6.45) is 5.91. The zero-order valence-corrected chi connectivity index (χ0v) is 16.1. The summed E-state index contributed by atoms with van der Waals surface area (Å²) in [5, 5.41) is 19.2. The van der Waals surface area contributed by atoms with E-state index in [1.807, 2.05) is 48.6 Å². The van der Waals surface area contributed by atoms with Crippen LogP contribution in [0.4, 0.5) is 0 Å². The number of fused-ring (bicyclic) bond motifs is 8. The van der Waals surface area contributed by atoms with Crippen molar-refractivity contribution in [1.29, 1.82) is 0 Å². The molecule has 0 saturated carbocycles. The summed E-state index contributed by atoms with van der Waals surface area (Å²) in [6, 6.07) is 9.51. The highest BCUT2D eigenvalue weighted by Crippen LogP contribution is 2.48. The van der Waals surface area contributed by atoms with E-state index in [2.05, 4.69) is 19.9 Å². The van der Waals surface area contributed by atoms with Crippen molar-refractivity contribution >= 4 is 52.2 Å². The summed E-state index contributed by atoms with van der Waals surface area (Å²) in [6.45, 7) is -0.676. The van der Waals surface area contributed by atoms with Crippen molar-refractivity contribution in [2.24, 2.45) is 0 Å². The molecule has 0 saturated heterocycles. The minimum atomic E-state index is -1.54. The van der Waals surface area contributed by atoms with Crippen LogP contribution in [0.5, 0.6) is 11.5 Å². The lowest BCUT2D eigenvalue weighted by atomic mass is 10.1. The van der Waals surface area contributed by atoms with Crippen LogP contribution in [-0.4, -0.2) is 48.6 Å². The van der Waals surface area contributed by atoms with Crippen molar-refractivity contribution in [3.8, 4) is 11.5 Å². The summed E-state index contributed by atoms with van der Waals surface area (Å²) >= 11 is 0. The maximum Gasteiger partial charge on any atom is 0.199 e. The van der Waals surface area contributed by atoms with Gasteiger partial charge in [0.25, 0.3) is 0 Å². The molecule has 3 aromatic heterocycles. The molecule has 0 spiro atoms. The molecule has 0 aromatic carbocycles. The molecule has 0 aliphatic carbocycles. The Morgan fingerprint density at radius 2 is 1.61 bits per heavy atom. The number of hydrogen-bond acceptors (Lipinski definition) is 6. The number of ether oxygens (including phenoxy) is 1. The van der Waals surface area contributed by atoms with Crippen LogP contribution in [0.25, 0.3) is 46.4 Å². The third-order valence-electron chi connectivity index (χ3n) is 5.34. The number of aromatic amines is 2. The topological polar surface area (TPSA) is 124 Å². The number of aliphatic hydroxyl groups excluding tert-OH is 2. The van der Waals surface area contributed by atoms with E-state index < -0.39 is 18.5 Å². The number of nitrogens with zero attached hydrogens (tertiary/aromatic N) is 2. The molecule has 8 heteroatoms. The number of carbonyl (C=O) groups excluding carboxylic acids is 1. The number of Topliss-reactive ketones (excluding diaryl/α,β-unsaturated/α-hetero) is 1. The van der Waals surface area contributed by atoms with E-state index in [0.717, 1.165) is 22.4 Å². The van der Waals surface area contributed by atoms with E-state index in [4.69, 9.17) is 4.74 Å². The van der Waals surface area contributed by atoms with E-state index in [0.29, 0.717) is 33.9 Å². The SMILES string of the molecule is O=C(c1c2c3[nH]c1cc1nc(cc4ccc(cc5nc(c3O2)C=C5)[nH]4)C=C1)C(O)CO. The molecule has 0 amide bonds. The maximum absolute atomic E-state index is 12.7. The largest absolute Gasteiger partial charge is 0.450 e. The highest BCUT2D eigenvalue weighted by Gasteiger charge is 2.33. The zero-order chi connectivity index (χ0) is 21.1. The first-order valence-corrected chi connectivity index (χ1v) is 9.74. The van der Waals surface area contributed by atoms with Crippen molar-refractivity contribution in [3.05, 3.63) is 58.7 Å². The van der Waals surface area contributed by atoms with Crippen LogP contribution in [0.3, 0.4) is 0 Å². The molecule has 1 atom stereocenters. The molecule has 3 aliphatic rings. The van der Waals surface area contributed by atoms with Gasteiger partial charge in [0.1, 0.15) is 17.3 Å². The van der Waals surface area contributed by atoms with Crippen molar-refractivity contribution in [1.82, 2.24) is 19.9 Å². The second kappa shape index (κ2) is 6.49. The number of aromatic nitrogens is 4. The second-order valence-electron chi connectivity index (χ2n) is 7.46. The summed E-state index contributed by atoms with van der Waals surface area (Å²) < 4.78 is 5.84. The fourth-order valence-corrected chi connectivity index (χ4v) is 3.86. The summed E-state index contributed by atoms with van der Waals surface area (Å²) in [5.41, 5.74) is 5.87. The average molecular weight is 412 g/mol. The third kappa shape index (κ3) is 2.81. The van der Waals surface area contributed by atoms with E-state index in [1.165, 1.54) is 0 Å². The van der Waals surface area contributed by atoms with Crippen molar-refractivity contribution in [3.63, 3.8) is 0 Å². The molecule has 3 aromatic rings. The van der Waals surface area contributed by atoms with Crippen molar-refractivity contribution in [2.45, 2.75) is 6.10 Å². The average Bonchev–Trinajstić information content (AvgIpc) is 3.52. The Morgan fingerprint density at radius 1 is 0.935 bits per heavy atom. The molecule has 4 N–H and O–H groups in total.